The standard InChI is InChI=1S/C35H60O12/c1-2-3-4-5-6-7-8-9-35(37)47-31-29-45-27-25-43-23-21-41-19-17-39-15-14-38-16-18-40-20-22-42-24-26-44-28-30-46-34-12-10-33(32-36)11-13-34/h10-13,32H,2-9,14-31H2,1H3. The predicted octanol–water partition coefficient (Wildman–Crippen LogP) is 4.69. The molecular weight excluding hydrogens is 612 g/mol. The van der Waals surface area contributed by atoms with Crippen molar-refractivity contribution in [3.8, 4) is 5.75 Å². The Bertz CT molecular complexity index is 808. The van der Waals surface area contributed by atoms with Crippen LogP contribution in [0.25, 0.3) is 0 Å². The maximum Gasteiger partial charge on any atom is 0.305 e. The fourth-order valence-electron chi connectivity index (χ4n) is 4.02. The van der Waals surface area contributed by atoms with Crippen molar-refractivity contribution in [2.75, 3.05) is 119 Å². The Morgan fingerprint density at radius 2 is 0.851 bits per heavy atom. The van der Waals surface area contributed by atoms with Crippen LogP contribution in [-0.4, -0.2) is 131 Å². The van der Waals surface area contributed by atoms with Gasteiger partial charge in [-0.05, 0) is 30.7 Å². The molecule has 0 fully saturated rings. The number of rotatable bonds is 37. The van der Waals surface area contributed by atoms with Gasteiger partial charge in [-0.1, -0.05) is 45.4 Å². The zero-order valence-corrected chi connectivity index (χ0v) is 28.7. The highest BCUT2D eigenvalue weighted by atomic mass is 16.6. The van der Waals surface area contributed by atoms with Gasteiger partial charge in [0.25, 0.3) is 0 Å². The van der Waals surface area contributed by atoms with Gasteiger partial charge in [0.15, 0.2) is 0 Å². The first-order valence-corrected chi connectivity index (χ1v) is 17.2. The maximum absolute atomic E-state index is 11.7. The van der Waals surface area contributed by atoms with E-state index < -0.39 is 0 Å². The second kappa shape index (κ2) is 35.2. The Morgan fingerprint density at radius 3 is 1.26 bits per heavy atom. The second-order valence-corrected chi connectivity index (χ2v) is 10.5. The zero-order chi connectivity index (χ0) is 33.7. The molecule has 0 atom stereocenters. The lowest BCUT2D eigenvalue weighted by Crippen LogP contribution is -2.15. The van der Waals surface area contributed by atoms with Crippen molar-refractivity contribution in [3.63, 3.8) is 0 Å². The number of esters is 1. The Morgan fingerprint density at radius 1 is 0.489 bits per heavy atom. The summed E-state index contributed by atoms with van der Waals surface area (Å²) >= 11 is 0. The van der Waals surface area contributed by atoms with E-state index in [0.29, 0.717) is 130 Å². The average molecular weight is 673 g/mol. The Balaban J connectivity index is 1.66. The summed E-state index contributed by atoms with van der Waals surface area (Å²) in [5, 5.41) is 0. The molecule has 1 rings (SSSR count). The summed E-state index contributed by atoms with van der Waals surface area (Å²) in [4.78, 5) is 22.3. The van der Waals surface area contributed by atoms with Crippen LogP contribution in [0.15, 0.2) is 24.3 Å². The van der Waals surface area contributed by atoms with E-state index >= 15 is 0 Å². The van der Waals surface area contributed by atoms with Gasteiger partial charge in [-0.3, -0.25) is 9.59 Å². The summed E-state index contributed by atoms with van der Waals surface area (Å²) in [6.07, 6.45) is 9.58. The van der Waals surface area contributed by atoms with Crippen molar-refractivity contribution in [1.82, 2.24) is 0 Å². The summed E-state index contributed by atoms with van der Waals surface area (Å²) in [5.74, 6) is 0.559. The SMILES string of the molecule is CCCCCCCCCC(=O)OCCOCCOCCOCCOCCOCCOCCOCCOCCOc1ccc(C=O)cc1. The van der Waals surface area contributed by atoms with E-state index in [1.54, 1.807) is 24.3 Å². The van der Waals surface area contributed by atoms with E-state index in [1.807, 2.05) is 0 Å². The molecule has 1 aromatic rings. The van der Waals surface area contributed by atoms with E-state index in [0.717, 1.165) is 19.1 Å². The lowest BCUT2D eigenvalue weighted by molar-refractivity contribution is -0.145. The third kappa shape index (κ3) is 30.9. The topological polar surface area (TPSA) is 126 Å². The van der Waals surface area contributed by atoms with Crippen LogP contribution < -0.4 is 4.74 Å². The molecule has 0 saturated heterocycles. The molecule has 12 heteroatoms. The zero-order valence-electron chi connectivity index (χ0n) is 28.7. The van der Waals surface area contributed by atoms with Crippen molar-refractivity contribution in [2.24, 2.45) is 0 Å². The smallest absolute Gasteiger partial charge is 0.305 e. The van der Waals surface area contributed by atoms with Gasteiger partial charge in [0.2, 0.25) is 0 Å². The van der Waals surface area contributed by atoms with E-state index in [1.165, 1.54) is 32.1 Å². The molecule has 1 aromatic carbocycles. The van der Waals surface area contributed by atoms with Crippen LogP contribution in [0.2, 0.25) is 0 Å². The van der Waals surface area contributed by atoms with E-state index in [2.05, 4.69) is 6.92 Å². The lowest BCUT2D eigenvalue weighted by Gasteiger charge is -2.09. The van der Waals surface area contributed by atoms with Crippen LogP contribution in [0, 0.1) is 0 Å². The molecule has 47 heavy (non-hydrogen) atoms. The van der Waals surface area contributed by atoms with Crippen LogP contribution in [0.4, 0.5) is 0 Å². The number of hydrogen-bond acceptors (Lipinski definition) is 12. The predicted molar refractivity (Wildman–Crippen MR) is 177 cm³/mol. The van der Waals surface area contributed by atoms with E-state index in [9.17, 15) is 9.59 Å². The minimum Gasteiger partial charge on any atom is -0.491 e. The highest BCUT2D eigenvalue weighted by molar-refractivity contribution is 5.74. The molecule has 0 aromatic heterocycles. The van der Waals surface area contributed by atoms with Gasteiger partial charge in [-0.15, -0.1) is 0 Å². The van der Waals surface area contributed by atoms with E-state index in [4.69, 9.17) is 47.4 Å². The van der Waals surface area contributed by atoms with Gasteiger partial charge in [-0.25, -0.2) is 0 Å². The maximum atomic E-state index is 11.7. The van der Waals surface area contributed by atoms with Gasteiger partial charge in [0.05, 0.1) is 106 Å². The van der Waals surface area contributed by atoms with Crippen molar-refractivity contribution in [2.45, 2.75) is 58.3 Å². The van der Waals surface area contributed by atoms with Gasteiger partial charge >= 0.3 is 5.97 Å². The summed E-state index contributed by atoms with van der Waals surface area (Å²) in [5.41, 5.74) is 0.617. The second-order valence-electron chi connectivity index (χ2n) is 10.5. The van der Waals surface area contributed by atoms with Gasteiger partial charge in [-0.2, -0.15) is 0 Å². The number of aldehydes is 1. The number of ether oxygens (including phenoxy) is 10. The quantitative estimate of drug-likeness (QED) is 0.0553. The molecule has 0 bridgehead atoms. The summed E-state index contributed by atoms with van der Waals surface area (Å²) in [7, 11) is 0. The molecule has 0 heterocycles. The molecule has 272 valence electrons. The van der Waals surface area contributed by atoms with Crippen molar-refractivity contribution in [1.29, 1.82) is 0 Å². The van der Waals surface area contributed by atoms with Crippen LogP contribution in [0.3, 0.4) is 0 Å². The third-order valence-electron chi connectivity index (χ3n) is 6.59. The number of carbonyl (C=O) groups is 2. The molecule has 12 nitrogen and oxygen atoms in total. The number of carbonyl (C=O) groups excluding carboxylic acids is 2. The molecule has 0 aliphatic heterocycles. The largest absolute Gasteiger partial charge is 0.491 e. The molecule has 0 radical (unpaired) electrons. The molecule has 0 amide bonds. The summed E-state index contributed by atoms with van der Waals surface area (Å²) in [6, 6.07) is 6.93. The summed E-state index contributed by atoms with van der Waals surface area (Å²) < 4.78 is 54.4. The van der Waals surface area contributed by atoms with Gasteiger partial charge in [0, 0.05) is 12.0 Å². The van der Waals surface area contributed by atoms with Crippen LogP contribution in [-0.2, 0) is 47.4 Å². The molecule has 0 aliphatic carbocycles. The number of unbranched alkanes of at least 4 members (excludes halogenated alkanes) is 6. The fourth-order valence-corrected chi connectivity index (χ4v) is 4.02. The van der Waals surface area contributed by atoms with Gasteiger partial charge in [0.1, 0.15) is 25.2 Å². The van der Waals surface area contributed by atoms with Gasteiger partial charge < -0.3 is 47.4 Å². The fraction of sp³-hybridized carbons (Fsp3) is 0.771. The van der Waals surface area contributed by atoms with Crippen LogP contribution in [0.5, 0.6) is 5.75 Å². The van der Waals surface area contributed by atoms with Crippen LogP contribution >= 0.6 is 0 Å². The number of benzene rings is 1. The van der Waals surface area contributed by atoms with Crippen molar-refractivity contribution in [3.05, 3.63) is 29.8 Å². The molecule has 0 N–H and O–H groups in total. The molecular formula is C35H60O12. The normalized spacial score (nSPS) is 11.2. The monoisotopic (exact) mass is 672 g/mol. The Labute approximate surface area is 281 Å². The van der Waals surface area contributed by atoms with Crippen molar-refractivity contribution >= 4 is 12.3 Å². The number of hydrogen-bond donors (Lipinski definition) is 0. The minimum atomic E-state index is -0.143. The molecule has 0 saturated carbocycles. The average Bonchev–Trinajstić information content (AvgIpc) is 3.09. The van der Waals surface area contributed by atoms with Crippen LogP contribution in [0.1, 0.15) is 68.6 Å². The Hall–Kier alpha value is -2.16. The minimum absolute atomic E-state index is 0.143. The first-order valence-electron chi connectivity index (χ1n) is 17.2. The third-order valence-corrected chi connectivity index (χ3v) is 6.59. The highest BCUT2D eigenvalue weighted by Crippen LogP contribution is 2.11. The Kier molecular flexibility index (Phi) is 32.1. The van der Waals surface area contributed by atoms with Crippen molar-refractivity contribution < 1.29 is 57.0 Å². The highest BCUT2D eigenvalue weighted by Gasteiger charge is 2.03. The molecule has 0 aliphatic rings. The molecule has 0 unspecified atom stereocenters. The summed E-state index contributed by atoms with van der Waals surface area (Å²) in [6.45, 7) is 10.5. The van der Waals surface area contributed by atoms with E-state index in [-0.39, 0.29) is 12.6 Å². The lowest BCUT2D eigenvalue weighted by atomic mass is 10.1. The first kappa shape index (κ1) is 42.9. The first-order chi connectivity index (χ1) is 23.3. The molecule has 0 spiro atoms.